The Morgan fingerprint density at radius 2 is 0.893 bits per heavy atom. The quantitative estimate of drug-likeness (QED) is 0.196. The lowest BCUT2D eigenvalue weighted by Gasteiger charge is -2.35. The second-order valence-corrected chi connectivity index (χ2v) is 18.3. The average molecular weight is 755 g/mol. The van der Waals surface area contributed by atoms with E-state index in [4.69, 9.17) is 0 Å². The van der Waals surface area contributed by atoms with Gasteiger partial charge in [0.15, 0.2) is 0 Å². The van der Waals surface area contributed by atoms with E-state index in [9.17, 15) is 0 Å². The molecule has 0 radical (unpaired) electrons. The van der Waals surface area contributed by atoms with Crippen molar-refractivity contribution < 1.29 is 0 Å². The summed E-state index contributed by atoms with van der Waals surface area (Å²) in [7, 11) is 0. The molecule has 0 bridgehead atoms. The van der Waals surface area contributed by atoms with Crippen molar-refractivity contribution in [3.05, 3.63) is 141 Å². The van der Waals surface area contributed by atoms with Crippen molar-refractivity contribution in [2.24, 2.45) is 0 Å². The summed E-state index contributed by atoms with van der Waals surface area (Å²) in [6, 6.07) is 33.8. The van der Waals surface area contributed by atoms with Crippen molar-refractivity contribution in [1.29, 1.82) is 0 Å². The molecule has 4 aromatic carbocycles. The Bertz CT molecular complexity index is 1560. The van der Waals surface area contributed by atoms with E-state index in [2.05, 4.69) is 137 Å². The molecule has 2 heteroatoms. The molecule has 8 rings (SSSR count). The van der Waals surface area contributed by atoms with Gasteiger partial charge < -0.3 is 10.6 Å². The Balaban J connectivity index is 0.000000208. The van der Waals surface area contributed by atoms with Crippen LogP contribution in [0, 0.1) is 27.7 Å². The Morgan fingerprint density at radius 1 is 0.500 bits per heavy atom. The van der Waals surface area contributed by atoms with E-state index in [0.29, 0.717) is 22.8 Å². The monoisotopic (exact) mass is 755 g/mol. The first-order valence-corrected chi connectivity index (χ1v) is 22.9. The molecule has 1 unspecified atom stereocenters. The molecule has 4 aromatic rings. The van der Waals surface area contributed by atoms with Crippen molar-refractivity contribution >= 4 is 0 Å². The summed E-state index contributed by atoms with van der Waals surface area (Å²) in [6.45, 7) is 21.3. The van der Waals surface area contributed by atoms with Crippen molar-refractivity contribution in [1.82, 2.24) is 10.6 Å². The molecule has 4 fully saturated rings. The van der Waals surface area contributed by atoms with Crippen LogP contribution in [0.5, 0.6) is 0 Å². The van der Waals surface area contributed by atoms with Crippen molar-refractivity contribution in [3.63, 3.8) is 0 Å². The van der Waals surface area contributed by atoms with E-state index in [1.807, 2.05) is 13.8 Å². The molecule has 2 aliphatic heterocycles. The minimum absolute atomic E-state index is 0.384. The zero-order valence-corrected chi connectivity index (χ0v) is 37.0. The topological polar surface area (TPSA) is 24.1 Å². The van der Waals surface area contributed by atoms with Gasteiger partial charge in [0.25, 0.3) is 0 Å². The molecule has 2 N–H and O–H groups in total. The highest BCUT2D eigenvalue weighted by Gasteiger charge is 2.32. The minimum Gasteiger partial charge on any atom is -0.317 e. The van der Waals surface area contributed by atoms with Crippen LogP contribution < -0.4 is 10.6 Å². The lowest BCUT2D eigenvalue weighted by atomic mass is 9.70. The maximum absolute atomic E-state index is 3.82. The van der Waals surface area contributed by atoms with Crippen LogP contribution in [0.1, 0.15) is 179 Å². The number of rotatable bonds is 7. The van der Waals surface area contributed by atoms with Crippen LogP contribution in [0.15, 0.2) is 84.9 Å². The van der Waals surface area contributed by atoms with Crippen LogP contribution in [0.25, 0.3) is 0 Å². The van der Waals surface area contributed by atoms with Crippen LogP contribution in [-0.4, -0.2) is 25.7 Å². The van der Waals surface area contributed by atoms with Gasteiger partial charge in [-0.15, -0.1) is 0 Å². The molecule has 2 aliphatic carbocycles. The Morgan fingerprint density at radius 3 is 1.21 bits per heavy atom. The van der Waals surface area contributed by atoms with E-state index in [-0.39, 0.29) is 0 Å². The highest BCUT2D eigenvalue weighted by molar-refractivity contribution is 5.41. The van der Waals surface area contributed by atoms with Gasteiger partial charge in [0.05, 0.1) is 0 Å². The van der Waals surface area contributed by atoms with Gasteiger partial charge in [-0.2, -0.15) is 0 Å². The van der Waals surface area contributed by atoms with Crippen LogP contribution in [0.2, 0.25) is 0 Å². The van der Waals surface area contributed by atoms with Gasteiger partial charge in [0, 0.05) is 12.0 Å². The SMILES string of the molecule is C1CCNC1.CC.CC1(c2ccc(C(c3ccc(C4(C)CCCCC4)cc3)C3CCCN3)cc2)CCCCC1.Cc1cc(C)cc(Cc2cc(C)cc(C)c2)c1. The fourth-order valence-corrected chi connectivity index (χ4v) is 10.3. The van der Waals surface area contributed by atoms with Crippen LogP contribution >= 0.6 is 0 Å². The molecule has 2 nitrogen and oxygen atoms in total. The largest absolute Gasteiger partial charge is 0.317 e. The van der Waals surface area contributed by atoms with Crippen molar-refractivity contribution in [2.45, 2.75) is 174 Å². The number of hydrogen-bond donors (Lipinski definition) is 2. The molecule has 56 heavy (non-hydrogen) atoms. The first kappa shape index (κ1) is 43.9. The molecule has 304 valence electrons. The lowest BCUT2D eigenvalue weighted by molar-refractivity contribution is 0.319. The molecule has 0 spiro atoms. The first-order valence-electron chi connectivity index (χ1n) is 22.9. The zero-order valence-electron chi connectivity index (χ0n) is 37.0. The Labute approximate surface area is 344 Å². The highest BCUT2D eigenvalue weighted by atomic mass is 14.9. The van der Waals surface area contributed by atoms with Gasteiger partial charge in [-0.05, 0) is 149 Å². The third kappa shape index (κ3) is 12.4. The fraction of sp³-hybridized carbons (Fsp3) is 0.556. The third-order valence-corrected chi connectivity index (χ3v) is 13.3. The fourth-order valence-electron chi connectivity index (χ4n) is 10.3. The van der Waals surface area contributed by atoms with Gasteiger partial charge >= 0.3 is 0 Å². The van der Waals surface area contributed by atoms with Crippen LogP contribution in [0.3, 0.4) is 0 Å². The second-order valence-electron chi connectivity index (χ2n) is 18.3. The maximum atomic E-state index is 3.82. The first-order chi connectivity index (χ1) is 27.1. The second kappa shape index (κ2) is 21.5. The predicted molar refractivity (Wildman–Crippen MR) is 245 cm³/mol. The van der Waals surface area contributed by atoms with Gasteiger partial charge in [-0.25, -0.2) is 0 Å². The lowest BCUT2D eigenvalue weighted by Crippen LogP contribution is -2.30. The van der Waals surface area contributed by atoms with E-state index in [1.165, 1.54) is 147 Å². The summed E-state index contributed by atoms with van der Waals surface area (Å²) >= 11 is 0. The Kier molecular flexibility index (Phi) is 16.9. The van der Waals surface area contributed by atoms with E-state index < -0.39 is 0 Å². The van der Waals surface area contributed by atoms with Crippen LogP contribution in [-0.2, 0) is 17.3 Å². The molecule has 0 amide bonds. The smallest absolute Gasteiger partial charge is 0.0243 e. The number of nitrogens with one attached hydrogen (secondary N) is 2. The summed E-state index contributed by atoms with van der Waals surface area (Å²) in [5.74, 6) is 0.457. The predicted octanol–water partition coefficient (Wildman–Crippen LogP) is 13.9. The maximum Gasteiger partial charge on any atom is 0.0243 e. The molecule has 1 atom stereocenters. The van der Waals surface area contributed by atoms with Crippen molar-refractivity contribution in [3.8, 4) is 0 Å². The van der Waals surface area contributed by atoms with Crippen molar-refractivity contribution in [2.75, 3.05) is 19.6 Å². The van der Waals surface area contributed by atoms with Gasteiger partial charge in [-0.3, -0.25) is 0 Å². The van der Waals surface area contributed by atoms with E-state index in [0.717, 1.165) is 13.0 Å². The zero-order chi connectivity index (χ0) is 40.0. The summed E-state index contributed by atoms with van der Waals surface area (Å²) in [5.41, 5.74) is 15.1. The Hall–Kier alpha value is -3.20. The van der Waals surface area contributed by atoms with Gasteiger partial charge in [0.2, 0.25) is 0 Å². The van der Waals surface area contributed by atoms with Gasteiger partial charge in [-0.1, -0.05) is 173 Å². The van der Waals surface area contributed by atoms with Crippen LogP contribution in [0.4, 0.5) is 0 Å². The highest BCUT2D eigenvalue weighted by Crippen LogP contribution is 2.42. The molecule has 4 aliphatic rings. The summed E-state index contributed by atoms with van der Waals surface area (Å²) in [6.07, 6.45) is 20.2. The standard InChI is InChI=1S/C31H43N.C17H20.C4H9N.C2H6/c1-30(19-5-3-6-20-30)26-15-11-24(12-16-26)29(28-10-9-23-32-28)25-13-17-27(18-14-25)31(2)21-7-4-8-22-31;1-12-5-13(2)8-16(7-12)11-17-9-14(3)6-15(4)10-17;1-2-4-5-3-1;1-2/h11-18,28-29,32H,3-10,19-23H2,1-2H3;5-10H,11H2,1-4H3;5H,1-4H2;1-2H3. The summed E-state index contributed by atoms with van der Waals surface area (Å²) < 4.78 is 0. The number of hydrogen-bond acceptors (Lipinski definition) is 2. The normalized spacial score (nSPS) is 19.8. The molecular weight excluding hydrogens is 677 g/mol. The average Bonchev–Trinajstić information content (AvgIpc) is 3.95. The molecule has 0 aromatic heterocycles. The van der Waals surface area contributed by atoms with Gasteiger partial charge in [0.1, 0.15) is 0 Å². The third-order valence-electron chi connectivity index (χ3n) is 13.3. The summed E-state index contributed by atoms with van der Waals surface area (Å²) in [5, 5.41) is 7.05. The number of benzene rings is 4. The number of aryl methyl sites for hydroxylation is 4. The minimum atomic E-state index is 0.384. The summed E-state index contributed by atoms with van der Waals surface area (Å²) in [4.78, 5) is 0. The molecule has 2 saturated heterocycles. The van der Waals surface area contributed by atoms with E-state index in [1.54, 1.807) is 11.1 Å². The molecular formula is C54H78N2. The molecule has 2 heterocycles. The molecule has 2 saturated carbocycles. The van der Waals surface area contributed by atoms with E-state index >= 15 is 0 Å².